The molecule has 0 aliphatic carbocycles. The van der Waals surface area contributed by atoms with Crippen LogP contribution in [0.1, 0.15) is 54.9 Å². The van der Waals surface area contributed by atoms with E-state index in [1.165, 1.54) is 18.7 Å². The Morgan fingerprint density at radius 2 is 1.87 bits per heavy atom. The number of hydrogen-bond donors (Lipinski definition) is 1. The maximum atomic E-state index is 13.2. The Hall–Kier alpha value is -4.40. The number of nitro benzene ring substituents is 1. The summed E-state index contributed by atoms with van der Waals surface area (Å²) in [5.74, 6) is 0.750. The van der Waals surface area contributed by atoms with Gasteiger partial charge in [-0.15, -0.1) is 0 Å². The van der Waals surface area contributed by atoms with Crippen molar-refractivity contribution in [1.82, 2.24) is 4.98 Å². The molecule has 1 fully saturated rings. The van der Waals surface area contributed by atoms with Crippen LogP contribution < -0.4 is 15.0 Å². The number of anilines is 2. The number of rotatable bonds is 7. The quantitative estimate of drug-likeness (QED) is 0.214. The Balaban J connectivity index is 1.43. The smallest absolute Gasteiger partial charge is 0.293 e. The summed E-state index contributed by atoms with van der Waals surface area (Å²) in [6.07, 6.45) is 3.11. The highest BCUT2D eigenvalue weighted by atomic mass is 16.6. The van der Waals surface area contributed by atoms with Gasteiger partial charge in [0, 0.05) is 30.3 Å². The first-order valence-corrected chi connectivity index (χ1v) is 12.8. The Kier molecular flexibility index (Phi) is 7.00. The molecule has 1 aliphatic heterocycles. The van der Waals surface area contributed by atoms with E-state index in [1.54, 1.807) is 30.3 Å². The van der Waals surface area contributed by atoms with Gasteiger partial charge in [0.05, 0.1) is 17.7 Å². The molecule has 0 saturated carbocycles. The van der Waals surface area contributed by atoms with Gasteiger partial charge in [-0.25, -0.2) is 4.98 Å². The van der Waals surface area contributed by atoms with Gasteiger partial charge in [-0.05, 0) is 73.2 Å². The predicted molar refractivity (Wildman–Crippen MR) is 147 cm³/mol. The fraction of sp³-hybridized carbons (Fsp3) is 0.310. The van der Waals surface area contributed by atoms with Crippen molar-refractivity contribution < 1.29 is 18.9 Å². The maximum absolute atomic E-state index is 13.2. The van der Waals surface area contributed by atoms with Gasteiger partial charge < -0.3 is 19.4 Å². The third-order valence-corrected chi connectivity index (χ3v) is 6.90. The number of nitrogens with zero attached hydrogens (tertiary/aromatic N) is 3. The first-order chi connectivity index (χ1) is 18.3. The molecule has 0 spiro atoms. The number of nitrogens with one attached hydrogen (secondary N) is 1. The average Bonchev–Trinajstić information content (AvgIpc) is 3.36. The summed E-state index contributed by atoms with van der Waals surface area (Å²) in [4.78, 5) is 31.3. The fourth-order valence-corrected chi connectivity index (χ4v) is 4.77. The lowest BCUT2D eigenvalue weighted by molar-refractivity contribution is -0.384. The lowest BCUT2D eigenvalue weighted by Gasteiger charge is -2.28. The number of hydrogen-bond acceptors (Lipinski definition) is 7. The Labute approximate surface area is 220 Å². The van der Waals surface area contributed by atoms with Crippen LogP contribution in [-0.4, -0.2) is 36.0 Å². The second-order valence-electron chi connectivity index (χ2n) is 9.78. The van der Waals surface area contributed by atoms with Crippen LogP contribution in [0, 0.1) is 10.1 Å². The summed E-state index contributed by atoms with van der Waals surface area (Å²) in [5.41, 5.74) is 4.32. The van der Waals surface area contributed by atoms with Crippen molar-refractivity contribution in [2.75, 3.05) is 30.4 Å². The van der Waals surface area contributed by atoms with Crippen molar-refractivity contribution in [3.8, 4) is 17.2 Å². The van der Waals surface area contributed by atoms with Crippen LogP contribution in [-0.2, 0) is 0 Å². The van der Waals surface area contributed by atoms with Crippen LogP contribution in [0.3, 0.4) is 0 Å². The molecular formula is C29H30N4O5. The van der Waals surface area contributed by atoms with Gasteiger partial charge in [0.2, 0.25) is 5.89 Å². The van der Waals surface area contributed by atoms with Gasteiger partial charge in [0.25, 0.3) is 11.6 Å². The molecule has 2 heterocycles. The highest BCUT2D eigenvalue weighted by Gasteiger charge is 2.24. The molecule has 1 saturated heterocycles. The van der Waals surface area contributed by atoms with Crippen LogP contribution in [0.4, 0.5) is 17.1 Å². The van der Waals surface area contributed by atoms with Gasteiger partial charge in [0.15, 0.2) is 5.58 Å². The van der Waals surface area contributed by atoms with Crippen LogP contribution >= 0.6 is 0 Å². The summed E-state index contributed by atoms with van der Waals surface area (Å²) >= 11 is 0. The Bertz CT molecular complexity index is 1500. The van der Waals surface area contributed by atoms with Gasteiger partial charge in [-0.1, -0.05) is 19.9 Å². The van der Waals surface area contributed by atoms with Crippen molar-refractivity contribution >= 4 is 34.1 Å². The number of carbonyl (C=O) groups excluding carboxylic acids is 1. The predicted octanol–water partition coefficient (Wildman–Crippen LogP) is 6.78. The lowest BCUT2D eigenvalue weighted by atomic mass is 10.0. The molecule has 3 aromatic carbocycles. The van der Waals surface area contributed by atoms with E-state index in [2.05, 4.69) is 24.1 Å². The Morgan fingerprint density at radius 1 is 1.08 bits per heavy atom. The number of fused-ring (bicyclic) bond motifs is 1. The van der Waals surface area contributed by atoms with Gasteiger partial charge in [-0.3, -0.25) is 14.9 Å². The second kappa shape index (κ2) is 10.5. The number of nitro groups is 1. The van der Waals surface area contributed by atoms with E-state index in [0.717, 1.165) is 37.9 Å². The average molecular weight is 515 g/mol. The summed E-state index contributed by atoms with van der Waals surface area (Å²) in [7, 11) is 1.51. The number of oxazole rings is 1. The highest BCUT2D eigenvalue weighted by molar-refractivity contribution is 6.06. The zero-order chi connectivity index (χ0) is 26.8. The normalized spacial score (nSPS) is 13.6. The van der Waals surface area contributed by atoms with Crippen molar-refractivity contribution in [2.45, 2.75) is 39.0 Å². The molecule has 1 N–H and O–H groups in total. The van der Waals surface area contributed by atoms with Gasteiger partial charge in [-0.2, -0.15) is 0 Å². The molecule has 9 heteroatoms. The number of benzene rings is 3. The molecule has 1 aliphatic rings. The summed E-state index contributed by atoms with van der Waals surface area (Å²) in [6, 6.07) is 15.8. The minimum absolute atomic E-state index is 0.0764. The zero-order valence-corrected chi connectivity index (χ0v) is 21.7. The topological polar surface area (TPSA) is 111 Å². The zero-order valence-electron chi connectivity index (χ0n) is 21.7. The van der Waals surface area contributed by atoms with Crippen molar-refractivity contribution in [3.05, 3.63) is 75.8 Å². The first-order valence-electron chi connectivity index (χ1n) is 12.8. The second-order valence-corrected chi connectivity index (χ2v) is 9.78. The fourth-order valence-electron chi connectivity index (χ4n) is 4.77. The largest absolute Gasteiger partial charge is 0.495 e. The molecule has 196 valence electrons. The molecule has 4 aromatic rings. The number of ether oxygens (including phenoxy) is 1. The molecule has 1 amide bonds. The Morgan fingerprint density at radius 3 is 2.58 bits per heavy atom. The van der Waals surface area contributed by atoms with E-state index in [1.807, 2.05) is 23.1 Å². The van der Waals surface area contributed by atoms with Crippen molar-refractivity contribution in [3.63, 3.8) is 0 Å². The molecule has 9 nitrogen and oxygen atoms in total. The van der Waals surface area contributed by atoms with Crippen LogP contribution in [0.5, 0.6) is 5.75 Å². The SMILES string of the molecule is COc1ccc(-c2nc3cc(C(C)C)ccc3o2)cc1NC(=O)c1ccc(N2CCCCC2)c([N+](=O)[O-])c1. The first kappa shape index (κ1) is 25.3. The van der Waals surface area contributed by atoms with E-state index >= 15 is 0 Å². The van der Waals surface area contributed by atoms with Gasteiger partial charge >= 0.3 is 0 Å². The van der Waals surface area contributed by atoms with E-state index in [4.69, 9.17) is 9.15 Å². The molecule has 0 unspecified atom stereocenters. The maximum Gasteiger partial charge on any atom is 0.293 e. The summed E-state index contributed by atoms with van der Waals surface area (Å²) < 4.78 is 11.4. The molecule has 1 aromatic heterocycles. The molecule has 5 rings (SSSR count). The van der Waals surface area contributed by atoms with Crippen LogP contribution in [0.15, 0.2) is 59.0 Å². The van der Waals surface area contributed by atoms with E-state index in [9.17, 15) is 14.9 Å². The molecule has 0 radical (unpaired) electrons. The minimum atomic E-state index is -0.479. The standard InChI is InChI=1S/C29H30N4O5/c1-18(2)19-8-12-27-23(15-19)31-29(38-27)21-9-11-26(37-3)22(16-21)30-28(34)20-7-10-24(25(17-20)33(35)36)32-13-5-4-6-14-32/h7-12,15-18H,4-6,13-14H2,1-3H3,(H,30,34). The summed E-state index contributed by atoms with van der Waals surface area (Å²) in [6.45, 7) is 5.78. The van der Waals surface area contributed by atoms with E-state index in [0.29, 0.717) is 40.1 Å². The highest BCUT2D eigenvalue weighted by Crippen LogP contribution is 2.34. The third-order valence-electron chi connectivity index (χ3n) is 6.90. The minimum Gasteiger partial charge on any atom is -0.495 e. The lowest BCUT2D eigenvalue weighted by Crippen LogP contribution is -2.30. The van der Waals surface area contributed by atoms with Crippen molar-refractivity contribution in [1.29, 1.82) is 0 Å². The molecule has 0 bridgehead atoms. The van der Waals surface area contributed by atoms with E-state index < -0.39 is 10.8 Å². The van der Waals surface area contributed by atoms with Gasteiger partial charge in [0.1, 0.15) is 17.0 Å². The number of carbonyl (C=O) groups is 1. The third kappa shape index (κ3) is 5.04. The molecular weight excluding hydrogens is 484 g/mol. The number of piperidine rings is 1. The van der Waals surface area contributed by atoms with Crippen LogP contribution in [0.2, 0.25) is 0 Å². The summed E-state index contributed by atoms with van der Waals surface area (Å²) in [5, 5.41) is 14.7. The molecule has 38 heavy (non-hydrogen) atoms. The van der Waals surface area contributed by atoms with Crippen molar-refractivity contribution in [2.24, 2.45) is 0 Å². The monoisotopic (exact) mass is 514 g/mol. The molecule has 0 atom stereocenters. The van der Waals surface area contributed by atoms with E-state index in [-0.39, 0.29) is 11.3 Å². The number of amides is 1. The van der Waals surface area contributed by atoms with Crippen LogP contribution in [0.25, 0.3) is 22.6 Å². The number of methoxy groups -OCH3 is 1. The number of aromatic nitrogens is 1.